The summed E-state index contributed by atoms with van der Waals surface area (Å²) in [5.74, 6) is 0.734. The van der Waals surface area contributed by atoms with E-state index in [4.69, 9.17) is 4.74 Å². The second kappa shape index (κ2) is 6.85. The summed E-state index contributed by atoms with van der Waals surface area (Å²) in [6.45, 7) is 1.78. The highest BCUT2D eigenvalue weighted by molar-refractivity contribution is 5.50. The van der Waals surface area contributed by atoms with E-state index in [1.54, 1.807) is 7.11 Å². The van der Waals surface area contributed by atoms with Crippen molar-refractivity contribution in [2.75, 3.05) is 41.3 Å². The molecular weight excluding hydrogens is 216 g/mol. The summed E-state index contributed by atoms with van der Waals surface area (Å²) in [6.07, 6.45) is 0. The van der Waals surface area contributed by atoms with Crippen LogP contribution in [0.15, 0.2) is 34.6 Å². The number of benzene rings is 1. The van der Waals surface area contributed by atoms with Gasteiger partial charge in [-0.25, -0.2) is 0 Å². The van der Waals surface area contributed by atoms with Crippen LogP contribution < -0.4 is 4.74 Å². The van der Waals surface area contributed by atoms with Gasteiger partial charge in [0.05, 0.1) is 13.7 Å². The van der Waals surface area contributed by atoms with Gasteiger partial charge in [0.25, 0.3) is 0 Å². The van der Waals surface area contributed by atoms with Crippen molar-refractivity contribution in [3.63, 3.8) is 0 Å². The average Bonchev–Trinajstić information content (AvgIpc) is 2.34. The normalized spacial score (nSPS) is 11.1. The van der Waals surface area contributed by atoms with Gasteiger partial charge in [-0.3, -0.25) is 5.01 Å². The summed E-state index contributed by atoms with van der Waals surface area (Å²) in [5.41, 5.74) is 0.742. The zero-order valence-electron chi connectivity index (χ0n) is 10.9. The maximum absolute atomic E-state index is 5.20. The van der Waals surface area contributed by atoms with Gasteiger partial charge in [0, 0.05) is 13.6 Å². The van der Waals surface area contributed by atoms with Crippen molar-refractivity contribution >= 4 is 5.69 Å². The maximum Gasteiger partial charge on any atom is 0.146 e. The highest BCUT2D eigenvalue weighted by Gasteiger charge is 2.00. The first-order valence-corrected chi connectivity index (χ1v) is 5.54. The quantitative estimate of drug-likeness (QED) is 0.561. The van der Waals surface area contributed by atoms with E-state index in [2.05, 4.69) is 15.2 Å². The van der Waals surface area contributed by atoms with Gasteiger partial charge in [0.15, 0.2) is 0 Å². The van der Waals surface area contributed by atoms with E-state index in [1.807, 2.05) is 50.4 Å². The first-order chi connectivity index (χ1) is 8.13. The van der Waals surface area contributed by atoms with Gasteiger partial charge in [0.2, 0.25) is 0 Å². The fraction of sp³-hybridized carbons (Fsp3) is 0.500. The van der Waals surface area contributed by atoms with E-state index in [0.717, 1.165) is 24.5 Å². The second-order valence-electron chi connectivity index (χ2n) is 4.05. The van der Waals surface area contributed by atoms with E-state index >= 15 is 0 Å². The molecular formula is C12H20N4O. The van der Waals surface area contributed by atoms with Crippen LogP contribution in [0.25, 0.3) is 0 Å². The minimum Gasteiger partial charge on any atom is -0.494 e. The van der Waals surface area contributed by atoms with Crippen LogP contribution in [0.3, 0.4) is 0 Å². The Bertz CT molecular complexity index is 365. The lowest BCUT2D eigenvalue weighted by Gasteiger charge is -2.15. The van der Waals surface area contributed by atoms with Crippen molar-refractivity contribution in [1.82, 2.24) is 9.91 Å². The van der Waals surface area contributed by atoms with E-state index in [-0.39, 0.29) is 0 Å². The molecule has 1 rings (SSSR count). The fourth-order valence-electron chi connectivity index (χ4n) is 1.23. The van der Waals surface area contributed by atoms with Crippen molar-refractivity contribution in [2.24, 2.45) is 10.3 Å². The first kappa shape index (κ1) is 13.4. The van der Waals surface area contributed by atoms with Crippen LogP contribution in [0, 0.1) is 0 Å². The molecule has 17 heavy (non-hydrogen) atoms. The Kier molecular flexibility index (Phi) is 5.42. The Morgan fingerprint density at radius 2 is 1.82 bits per heavy atom. The monoisotopic (exact) mass is 236 g/mol. The molecule has 0 radical (unpaired) electrons. The number of likely N-dealkylation sites (N-methyl/N-ethyl adjacent to an activating group) is 2. The van der Waals surface area contributed by atoms with Crippen molar-refractivity contribution in [3.8, 4) is 5.75 Å². The number of hydrogen-bond acceptors (Lipinski definition) is 4. The van der Waals surface area contributed by atoms with Gasteiger partial charge >= 0.3 is 0 Å². The standard InChI is InChI=1S/C12H20N4O/c1-15(2)9-10-16(3)14-13-11-7-5-6-8-12(11)17-4/h5-8H,9-10H2,1-4H3. The second-order valence-corrected chi connectivity index (χ2v) is 4.05. The molecule has 0 unspecified atom stereocenters. The number of para-hydroxylation sites is 1. The molecule has 0 amide bonds. The van der Waals surface area contributed by atoms with E-state index < -0.39 is 0 Å². The molecule has 0 saturated carbocycles. The van der Waals surface area contributed by atoms with Gasteiger partial charge in [-0.2, -0.15) is 0 Å². The van der Waals surface area contributed by atoms with Gasteiger partial charge in [-0.05, 0) is 26.2 Å². The highest BCUT2D eigenvalue weighted by atomic mass is 16.5. The topological polar surface area (TPSA) is 40.4 Å². The summed E-state index contributed by atoms with van der Waals surface area (Å²) in [6, 6.07) is 7.57. The molecule has 1 aromatic rings. The minimum absolute atomic E-state index is 0.734. The van der Waals surface area contributed by atoms with Crippen LogP contribution in [-0.4, -0.2) is 51.3 Å². The first-order valence-electron chi connectivity index (χ1n) is 5.54. The predicted octanol–water partition coefficient (Wildman–Crippen LogP) is 2.19. The molecule has 0 saturated heterocycles. The smallest absolute Gasteiger partial charge is 0.146 e. The van der Waals surface area contributed by atoms with E-state index in [1.165, 1.54) is 0 Å². The molecule has 0 aliphatic carbocycles. The number of hydrogen-bond donors (Lipinski definition) is 0. The van der Waals surface area contributed by atoms with E-state index in [9.17, 15) is 0 Å². The van der Waals surface area contributed by atoms with Gasteiger partial charge in [-0.15, -0.1) is 5.11 Å². The molecule has 94 valence electrons. The third-order valence-corrected chi connectivity index (χ3v) is 2.26. The molecule has 0 aliphatic rings. The van der Waals surface area contributed by atoms with Crippen LogP contribution in [0.5, 0.6) is 5.75 Å². The Labute approximate surface area is 103 Å². The Morgan fingerprint density at radius 1 is 1.12 bits per heavy atom. The molecule has 1 aromatic carbocycles. The zero-order chi connectivity index (χ0) is 12.7. The van der Waals surface area contributed by atoms with Crippen molar-refractivity contribution in [3.05, 3.63) is 24.3 Å². The lowest BCUT2D eigenvalue weighted by atomic mass is 10.3. The van der Waals surface area contributed by atoms with Gasteiger partial charge in [-0.1, -0.05) is 17.4 Å². The van der Waals surface area contributed by atoms with Crippen LogP contribution >= 0.6 is 0 Å². The van der Waals surface area contributed by atoms with Crippen molar-refractivity contribution in [1.29, 1.82) is 0 Å². The Morgan fingerprint density at radius 3 is 2.47 bits per heavy atom. The number of ether oxygens (including phenoxy) is 1. The largest absolute Gasteiger partial charge is 0.494 e. The highest BCUT2D eigenvalue weighted by Crippen LogP contribution is 2.26. The van der Waals surface area contributed by atoms with Crippen LogP contribution in [0.1, 0.15) is 0 Å². The molecule has 0 aliphatic heterocycles. The number of nitrogens with zero attached hydrogens (tertiary/aromatic N) is 4. The molecule has 0 fully saturated rings. The maximum atomic E-state index is 5.20. The van der Waals surface area contributed by atoms with Crippen LogP contribution in [0.2, 0.25) is 0 Å². The number of rotatable bonds is 6. The van der Waals surface area contributed by atoms with Crippen molar-refractivity contribution < 1.29 is 4.74 Å². The molecule has 0 aromatic heterocycles. The fourth-order valence-corrected chi connectivity index (χ4v) is 1.23. The third-order valence-electron chi connectivity index (χ3n) is 2.26. The molecule has 0 heterocycles. The summed E-state index contributed by atoms with van der Waals surface area (Å²) < 4.78 is 5.20. The summed E-state index contributed by atoms with van der Waals surface area (Å²) in [7, 11) is 7.60. The predicted molar refractivity (Wildman–Crippen MR) is 68.7 cm³/mol. The molecule has 0 spiro atoms. The zero-order valence-corrected chi connectivity index (χ0v) is 10.9. The van der Waals surface area contributed by atoms with Crippen LogP contribution in [0.4, 0.5) is 5.69 Å². The lowest BCUT2D eigenvalue weighted by molar-refractivity contribution is 0.279. The molecule has 0 bridgehead atoms. The molecule has 0 N–H and O–H groups in total. The summed E-state index contributed by atoms with van der Waals surface area (Å²) in [4.78, 5) is 2.11. The Hall–Kier alpha value is -1.62. The van der Waals surface area contributed by atoms with Gasteiger partial charge < -0.3 is 9.64 Å². The van der Waals surface area contributed by atoms with Gasteiger partial charge in [0.1, 0.15) is 11.4 Å². The van der Waals surface area contributed by atoms with E-state index in [0.29, 0.717) is 0 Å². The Balaban J connectivity index is 2.57. The SMILES string of the molecule is COc1ccccc1N=NN(C)CCN(C)C. The summed E-state index contributed by atoms with van der Waals surface area (Å²) in [5, 5.41) is 10.1. The molecule has 0 atom stereocenters. The third kappa shape index (κ3) is 4.82. The van der Waals surface area contributed by atoms with Crippen molar-refractivity contribution in [2.45, 2.75) is 0 Å². The summed E-state index contributed by atoms with van der Waals surface area (Å²) >= 11 is 0. The minimum atomic E-state index is 0.734. The molecule has 5 nitrogen and oxygen atoms in total. The molecule has 5 heteroatoms. The number of methoxy groups -OCH3 is 1. The average molecular weight is 236 g/mol. The lowest BCUT2D eigenvalue weighted by Crippen LogP contribution is -2.24. The van der Waals surface area contributed by atoms with Crippen LogP contribution in [-0.2, 0) is 0 Å².